The van der Waals surface area contributed by atoms with Crippen LogP contribution in [0.1, 0.15) is 27.0 Å². The molecule has 0 saturated carbocycles. The second-order valence-electron chi connectivity index (χ2n) is 6.53. The van der Waals surface area contributed by atoms with E-state index in [2.05, 4.69) is 4.98 Å². The quantitative estimate of drug-likeness (QED) is 0.581. The number of hydrogen-bond donors (Lipinski definition) is 1. The van der Waals surface area contributed by atoms with E-state index < -0.39 is 17.7 Å². The first-order chi connectivity index (χ1) is 14.7. The number of hydrogen-bond acceptors (Lipinski definition) is 6. The zero-order valence-electron chi connectivity index (χ0n) is 16.4. The molecule has 0 spiro atoms. The Labute approximate surface area is 175 Å². The molecule has 0 radical (unpaired) electrons. The molecule has 9 heteroatoms. The molecule has 0 aliphatic rings. The molecule has 2 N–H and O–H groups in total. The summed E-state index contributed by atoms with van der Waals surface area (Å²) in [5.41, 5.74) is 5.96. The van der Waals surface area contributed by atoms with Crippen molar-refractivity contribution in [2.24, 2.45) is 0 Å². The number of rotatable bonds is 4. The molecule has 0 amide bonds. The van der Waals surface area contributed by atoms with Gasteiger partial charge in [-0.3, -0.25) is 0 Å². The van der Waals surface area contributed by atoms with Crippen LogP contribution in [0.4, 0.5) is 18.9 Å². The SMILES string of the molecule is COC(=O)c1c(-c2ccc(C)cc2)nc(Oc2cccc(C(F)(F)F)c2)c(C#N)c1N. The molecule has 31 heavy (non-hydrogen) atoms. The fraction of sp³-hybridized carbons (Fsp3) is 0.136. The molecule has 6 nitrogen and oxygen atoms in total. The molecule has 0 aliphatic carbocycles. The first kappa shape index (κ1) is 21.6. The summed E-state index contributed by atoms with van der Waals surface area (Å²) in [6, 6.07) is 12.8. The van der Waals surface area contributed by atoms with Gasteiger partial charge < -0.3 is 15.2 Å². The van der Waals surface area contributed by atoms with E-state index in [1.807, 2.05) is 6.92 Å². The van der Waals surface area contributed by atoms with E-state index in [1.54, 1.807) is 30.3 Å². The molecule has 1 heterocycles. The van der Waals surface area contributed by atoms with Gasteiger partial charge in [-0.2, -0.15) is 18.4 Å². The Bertz CT molecular complexity index is 1180. The van der Waals surface area contributed by atoms with Gasteiger partial charge in [0.2, 0.25) is 5.88 Å². The standard InChI is InChI=1S/C22H16F3N3O3/c1-12-6-8-13(9-7-12)19-17(21(29)30-2)18(27)16(11-26)20(28-19)31-15-5-3-4-14(10-15)22(23,24)25/h3-10H,1-2H3,(H2,27,28). The number of carbonyl (C=O) groups excluding carboxylic acids is 1. The number of anilines is 1. The van der Waals surface area contributed by atoms with Gasteiger partial charge >= 0.3 is 12.1 Å². The second-order valence-corrected chi connectivity index (χ2v) is 6.53. The summed E-state index contributed by atoms with van der Waals surface area (Å²) >= 11 is 0. The fourth-order valence-electron chi connectivity index (χ4n) is 2.84. The Hall–Kier alpha value is -4.06. The number of pyridine rings is 1. The number of alkyl halides is 3. The average molecular weight is 427 g/mol. The van der Waals surface area contributed by atoms with Gasteiger partial charge in [0.05, 0.1) is 24.1 Å². The number of nitrogen functional groups attached to an aromatic ring is 1. The lowest BCUT2D eigenvalue weighted by molar-refractivity contribution is -0.137. The third-order valence-corrected chi connectivity index (χ3v) is 4.40. The number of methoxy groups -OCH3 is 1. The van der Waals surface area contributed by atoms with E-state index in [-0.39, 0.29) is 34.1 Å². The predicted octanol–water partition coefficient (Wildman–Crippen LogP) is 5.11. The Balaban J connectivity index is 2.20. The number of carbonyl (C=O) groups is 1. The molecule has 3 rings (SSSR count). The van der Waals surface area contributed by atoms with Crippen molar-refractivity contribution >= 4 is 11.7 Å². The Morgan fingerprint density at radius 2 is 1.84 bits per heavy atom. The molecule has 2 aromatic carbocycles. The van der Waals surface area contributed by atoms with Crippen LogP contribution in [0.3, 0.4) is 0 Å². The maximum Gasteiger partial charge on any atom is 0.416 e. The van der Waals surface area contributed by atoms with Crippen LogP contribution in [0.5, 0.6) is 11.6 Å². The van der Waals surface area contributed by atoms with Crippen molar-refractivity contribution in [2.45, 2.75) is 13.1 Å². The van der Waals surface area contributed by atoms with Gasteiger partial charge in [-0.05, 0) is 25.1 Å². The second kappa shape index (κ2) is 8.36. The first-order valence-electron chi connectivity index (χ1n) is 8.89. The molecule has 158 valence electrons. The summed E-state index contributed by atoms with van der Waals surface area (Å²) in [6.07, 6.45) is -4.58. The fourth-order valence-corrected chi connectivity index (χ4v) is 2.84. The zero-order valence-corrected chi connectivity index (χ0v) is 16.4. The largest absolute Gasteiger partial charge is 0.465 e. The number of halogens is 3. The summed E-state index contributed by atoms with van der Waals surface area (Å²) in [7, 11) is 1.15. The number of aromatic nitrogens is 1. The zero-order chi connectivity index (χ0) is 22.8. The maximum absolute atomic E-state index is 13.0. The number of ether oxygens (including phenoxy) is 2. The van der Waals surface area contributed by atoms with E-state index in [1.165, 1.54) is 6.07 Å². The number of nitrogens with two attached hydrogens (primary N) is 1. The van der Waals surface area contributed by atoms with Crippen LogP contribution in [0.2, 0.25) is 0 Å². The van der Waals surface area contributed by atoms with E-state index >= 15 is 0 Å². The molecule has 0 unspecified atom stereocenters. The summed E-state index contributed by atoms with van der Waals surface area (Å²) < 4.78 is 49.3. The van der Waals surface area contributed by atoms with Gasteiger partial charge in [0.15, 0.2) is 0 Å². The molecule has 1 aromatic heterocycles. The van der Waals surface area contributed by atoms with Crippen molar-refractivity contribution in [2.75, 3.05) is 12.8 Å². The highest BCUT2D eigenvalue weighted by Crippen LogP contribution is 2.37. The van der Waals surface area contributed by atoms with Crippen LogP contribution < -0.4 is 10.5 Å². The van der Waals surface area contributed by atoms with Crippen LogP contribution >= 0.6 is 0 Å². The van der Waals surface area contributed by atoms with Crippen molar-refractivity contribution in [3.05, 3.63) is 70.8 Å². The third kappa shape index (κ3) is 4.43. The minimum absolute atomic E-state index is 0.0744. The van der Waals surface area contributed by atoms with Crippen LogP contribution in [0, 0.1) is 18.3 Å². The van der Waals surface area contributed by atoms with Crippen LogP contribution in [0.25, 0.3) is 11.3 Å². The first-order valence-corrected chi connectivity index (χ1v) is 8.89. The number of nitrogens with zero attached hydrogens (tertiary/aromatic N) is 2. The molecular formula is C22H16F3N3O3. The molecule has 0 fully saturated rings. The van der Waals surface area contributed by atoms with Crippen molar-refractivity contribution in [1.29, 1.82) is 5.26 Å². The normalized spacial score (nSPS) is 11.0. The van der Waals surface area contributed by atoms with Gasteiger partial charge in [-0.15, -0.1) is 0 Å². The summed E-state index contributed by atoms with van der Waals surface area (Å²) in [4.78, 5) is 16.6. The molecule has 0 atom stereocenters. The van der Waals surface area contributed by atoms with Gasteiger partial charge in [0.25, 0.3) is 0 Å². The van der Waals surface area contributed by atoms with Crippen LogP contribution in [-0.2, 0) is 10.9 Å². The van der Waals surface area contributed by atoms with Gasteiger partial charge in [0.1, 0.15) is 22.9 Å². The lowest BCUT2D eigenvalue weighted by Crippen LogP contribution is -2.12. The van der Waals surface area contributed by atoms with Crippen molar-refractivity contribution < 1.29 is 27.4 Å². The van der Waals surface area contributed by atoms with Crippen molar-refractivity contribution in [3.63, 3.8) is 0 Å². The topological polar surface area (TPSA) is 98.2 Å². The van der Waals surface area contributed by atoms with Crippen molar-refractivity contribution in [3.8, 4) is 29.0 Å². The number of benzene rings is 2. The third-order valence-electron chi connectivity index (χ3n) is 4.40. The summed E-state index contributed by atoms with van der Waals surface area (Å²) in [5, 5.41) is 9.56. The highest BCUT2D eigenvalue weighted by Gasteiger charge is 2.31. The van der Waals surface area contributed by atoms with Crippen LogP contribution in [0.15, 0.2) is 48.5 Å². The molecule has 0 saturated heterocycles. The monoisotopic (exact) mass is 427 g/mol. The van der Waals surface area contributed by atoms with Crippen LogP contribution in [-0.4, -0.2) is 18.1 Å². The Morgan fingerprint density at radius 3 is 2.42 bits per heavy atom. The van der Waals surface area contributed by atoms with Gasteiger partial charge in [0, 0.05) is 5.56 Å². The van der Waals surface area contributed by atoms with E-state index in [9.17, 15) is 23.2 Å². The average Bonchev–Trinajstić information content (AvgIpc) is 2.73. The highest BCUT2D eigenvalue weighted by molar-refractivity contribution is 6.03. The minimum Gasteiger partial charge on any atom is -0.465 e. The van der Waals surface area contributed by atoms with E-state index in [0.717, 1.165) is 30.9 Å². The minimum atomic E-state index is -4.58. The lowest BCUT2D eigenvalue weighted by Gasteiger charge is -2.16. The summed E-state index contributed by atoms with van der Waals surface area (Å²) in [6.45, 7) is 1.87. The smallest absolute Gasteiger partial charge is 0.416 e. The highest BCUT2D eigenvalue weighted by atomic mass is 19.4. The molecule has 0 bridgehead atoms. The van der Waals surface area contributed by atoms with Crippen molar-refractivity contribution in [1.82, 2.24) is 4.98 Å². The maximum atomic E-state index is 13.0. The number of esters is 1. The van der Waals surface area contributed by atoms with Gasteiger partial charge in [-0.25, -0.2) is 9.78 Å². The predicted molar refractivity (Wildman–Crippen MR) is 106 cm³/mol. The van der Waals surface area contributed by atoms with E-state index in [4.69, 9.17) is 15.2 Å². The Kier molecular flexibility index (Phi) is 5.83. The van der Waals surface area contributed by atoms with Gasteiger partial charge in [-0.1, -0.05) is 35.9 Å². The molecule has 3 aromatic rings. The molecule has 0 aliphatic heterocycles. The summed E-state index contributed by atoms with van der Waals surface area (Å²) in [5.74, 6) is -1.34. The molecular weight excluding hydrogens is 411 g/mol. The lowest BCUT2D eigenvalue weighted by atomic mass is 10.0. The van der Waals surface area contributed by atoms with E-state index in [0.29, 0.717) is 5.56 Å². The Morgan fingerprint density at radius 1 is 1.16 bits per heavy atom. The number of aryl methyl sites for hydroxylation is 1. The number of nitriles is 1.